The van der Waals surface area contributed by atoms with Crippen LogP contribution >= 0.6 is 15.9 Å². The van der Waals surface area contributed by atoms with Crippen LogP contribution in [0.25, 0.3) is 0 Å². The van der Waals surface area contributed by atoms with E-state index in [9.17, 15) is 5.26 Å². The van der Waals surface area contributed by atoms with Gasteiger partial charge in [-0.05, 0) is 49.3 Å². The van der Waals surface area contributed by atoms with Crippen LogP contribution in [0.5, 0.6) is 0 Å². The van der Waals surface area contributed by atoms with Gasteiger partial charge in [-0.2, -0.15) is 10.4 Å². The largest absolute Gasteiger partial charge is 0.422 e. The number of rotatable bonds is 7. The molecule has 1 N–H and O–H groups in total. The van der Waals surface area contributed by atoms with Gasteiger partial charge in [0.05, 0.1) is 6.21 Å². The van der Waals surface area contributed by atoms with E-state index in [4.69, 9.17) is 4.42 Å². The van der Waals surface area contributed by atoms with Gasteiger partial charge in [-0.25, -0.2) is 10.4 Å². The molecule has 0 spiro atoms. The standard InChI is InChI=1S/C21H25BrN4O/c1-2-3-4-15-5-9-17(10-6-15)20-25-19(13-23)21(27-20)26-24-14-16-7-11-18(22)12-8-16/h7-8,11-12,14-15,17,26H,2-6,9-10H2,1H3. The van der Waals surface area contributed by atoms with Gasteiger partial charge in [-0.15, -0.1) is 0 Å². The highest BCUT2D eigenvalue weighted by atomic mass is 79.9. The van der Waals surface area contributed by atoms with Crippen LogP contribution in [0, 0.1) is 17.2 Å². The minimum atomic E-state index is 0.270. The quantitative estimate of drug-likeness (QED) is 0.419. The van der Waals surface area contributed by atoms with E-state index in [-0.39, 0.29) is 5.69 Å². The van der Waals surface area contributed by atoms with Crippen molar-refractivity contribution in [1.82, 2.24) is 4.98 Å². The molecule has 1 aromatic carbocycles. The number of nitriles is 1. The van der Waals surface area contributed by atoms with E-state index < -0.39 is 0 Å². The zero-order valence-corrected chi connectivity index (χ0v) is 17.2. The molecule has 0 saturated heterocycles. The smallest absolute Gasteiger partial charge is 0.252 e. The molecule has 0 unspecified atom stereocenters. The molecule has 0 bridgehead atoms. The fourth-order valence-corrected chi connectivity index (χ4v) is 3.83. The van der Waals surface area contributed by atoms with Crippen molar-refractivity contribution >= 4 is 28.0 Å². The molecule has 2 aromatic rings. The minimum Gasteiger partial charge on any atom is -0.422 e. The molecule has 1 aliphatic rings. The van der Waals surface area contributed by atoms with Gasteiger partial charge in [-0.3, -0.25) is 0 Å². The number of hydrazone groups is 1. The van der Waals surface area contributed by atoms with Crippen molar-refractivity contribution in [3.05, 3.63) is 45.9 Å². The predicted molar refractivity (Wildman–Crippen MR) is 111 cm³/mol. The molecule has 5 nitrogen and oxygen atoms in total. The van der Waals surface area contributed by atoms with Gasteiger partial charge in [0.25, 0.3) is 5.88 Å². The number of aromatic nitrogens is 1. The van der Waals surface area contributed by atoms with Crippen LogP contribution in [0.4, 0.5) is 5.88 Å². The molecule has 3 rings (SSSR count). The molecule has 1 fully saturated rings. The molecule has 0 amide bonds. The summed E-state index contributed by atoms with van der Waals surface area (Å²) in [6.45, 7) is 2.25. The van der Waals surface area contributed by atoms with Crippen molar-refractivity contribution in [3.63, 3.8) is 0 Å². The Hall–Kier alpha value is -2.13. The number of benzene rings is 1. The first-order valence-corrected chi connectivity index (χ1v) is 10.4. The summed E-state index contributed by atoms with van der Waals surface area (Å²) in [7, 11) is 0. The predicted octanol–water partition coefficient (Wildman–Crippen LogP) is 6.22. The molecule has 1 saturated carbocycles. The van der Waals surface area contributed by atoms with Crippen LogP contribution in [0.1, 0.15) is 74.9 Å². The maximum absolute atomic E-state index is 9.35. The molecule has 0 radical (unpaired) electrons. The van der Waals surface area contributed by atoms with Crippen LogP contribution < -0.4 is 5.43 Å². The molecule has 1 aromatic heterocycles. The summed E-state index contributed by atoms with van der Waals surface area (Å²) in [5, 5.41) is 13.5. The average Bonchev–Trinajstić information content (AvgIpc) is 3.11. The van der Waals surface area contributed by atoms with Crippen molar-refractivity contribution in [3.8, 4) is 6.07 Å². The van der Waals surface area contributed by atoms with E-state index in [2.05, 4.69) is 44.4 Å². The van der Waals surface area contributed by atoms with Crippen LogP contribution in [-0.4, -0.2) is 11.2 Å². The molecule has 6 heteroatoms. The normalized spacial score (nSPS) is 19.9. The fraction of sp³-hybridized carbons (Fsp3) is 0.476. The molecule has 0 atom stereocenters. The summed E-state index contributed by atoms with van der Waals surface area (Å²) in [6.07, 6.45) is 10.2. The molecule has 1 heterocycles. The zero-order chi connectivity index (χ0) is 19.1. The molecule has 0 aliphatic heterocycles. The van der Waals surface area contributed by atoms with Crippen LogP contribution in [-0.2, 0) is 0 Å². The van der Waals surface area contributed by atoms with Gasteiger partial charge >= 0.3 is 0 Å². The number of anilines is 1. The number of oxazole rings is 1. The summed E-state index contributed by atoms with van der Waals surface area (Å²) >= 11 is 3.41. The van der Waals surface area contributed by atoms with E-state index in [1.54, 1.807) is 6.21 Å². The van der Waals surface area contributed by atoms with Crippen molar-refractivity contribution in [2.45, 2.75) is 57.8 Å². The lowest BCUT2D eigenvalue weighted by molar-refractivity contribution is 0.278. The van der Waals surface area contributed by atoms with E-state index in [1.807, 2.05) is 24.3 Å². The Labute approximate surface area is 169 Å². The summed E-state index contributed by atoms with van der Waals surface area (Å²) in [5.41, 5.74) is 4.05. The third kappa shape index (κ3) is 5.43. The third-order valence-electron chi connectivity index (χ3n) is 5.16. The average molecular weight is 429 g/mol. The Morgan fingerprint density at radius 2 is 2.04 bits per heavy atom. The second kappa shape index (κ2) is 9.70. The van der Waals surface area contributed by atoms with E-state index >= 15 is 0 Å². The lowest BCUT2D eigenvalue weighted by Crippen LogP contribution is -2.13. The Balaban J connectivity index is 1.60. The molecular weight excluding hydrogens is 404 g/mol. The van der Waals surface area contributed by atoms with Crippen LogP contribution in [0.3, 0.4) is 0 Å². The lowest BCUT2D eigenvalue weighted by Gasteiger charge is -2.26. The summed E-state index contributed by atoms with van der Waals surface area (Å²) in [6, 6.07) is 9.90. The number of hydrogen-bond donors (Lipinski definition) is 1. The fourth-order valence-electron chi connectivity index (χ4n) is 3.57. The first-order chi connectivity index (χ1) is 13.2. The van der Waals surface area contributed by atoms with Crippen LogP contribution in [0.15, 0.2) is 38.3 Å². The maximum atomic E-state index is 9.35. The third-order valence-corrected chi connectivity index (χ3v) is 5.69. The van der Waals surface area contributed by atoms with Gasteiger partial charge in [0, 0.05) is 10.4 Å². The highest BCUT2D eigenvalue weighted by Crippen LogP contribution is 2.38. The highest BCUT2D eigenvalue weighted by Gasteiger charge is 2.27. The molecule has 1 aliphatic carbocycles. The second-order valence-electron chi connectivity index (χ2n) is 7.12. The first-order valence-electron chi connectivity index (χ1n) is 9.65. The maximum Gasteiger partial charge on any atom is 0.252 e. The van der Waals surface area contributed by atoms with Crippen molar-refractivity contribution in [2.24, 2.45) is 11.0 Å². The van der Waals surface area contributed by atoms with Gasteiger partial charge in [0.1, 0.15) is 6.07 Å². The van der Waals surface area contributed by atoms with Crippen LogP contribution in [0.2, 0.25) is 0 Å². The number of nitrogens with zero attached hydrogens (tertiary/aromatic N) is 3. The van der Waals surface area contributed by atoms with Gasteiger partial charge in [0.15, 0.2) is 0 Å². The van der Waals surface area contributed by atoms with Crippen molar-refractivity contribution < 1.29 is 4.42 Å². The van der Waals surface area contributed by atoms with Gasteiger partial charge in [-0.1, -0.05) is 54.2 Å². The Morgan fingerprint density at radius 3 is 2.70 bits per heavy atom. The molecule has 27 heavy (non-hydrogen) atoms. The zero-order valence-electron chi connectivity index (χ0n) is 15.6. The molecule has 142 valence electrons. The SMILES string of the molecule is CCCCC1CCC(c2nc(C#N)c(NN=Cc3ccc(Br)cc3)o2)CC1. The Bertz CT molecular complexity index is 799. The van der Waals surface area contributed by atoms with Crippen molar-refractivity contribution in [2.75, 3.05) is 5.43 Å². The highest BCUT2D eigenvalue weighted by molar-refractivity contribution is 9.10. The lowest BCUT2D eigenvalue weighted by atomic mass is 9.80. The number of nitrogens with one attached hydrogen (secondary N) is 1. The number of unbranched alkanes of at least 4 members (excludes halogenated alkanes) is 1. The number of halogens is 1. The summed E-state index contributed by atoms with van der Waals surface area (Å²) in [5.74, 6) is 2.14. The van der Waals surface area contributed by atoms with E-state index in [0.29, 0.717) is 17.7 Å². The van der Waals surface area contributed by atoms with Gasteiger partial charge in [0.2, 0.25) is 11.6 Å². The summed E-state index contributed by atoms with van der Waals surface area (Å²) in [4.78, 5) is 4.41. The monoisotopic (exact) mass is 428 g/mol. The van der Waals surface area contributed by atoms with Crippen molar-refractivity contribution in [1.29, 1.82) is 5.26 Å². The summed E-state index contributed by atoms with van der Waals surface area (Å²) < 4.78 is 6.87. The molecular formula is C21H25BrN4O. The Kier molecular flexibility index (Phi) is 7.05. The minimum absolute atomic E-state index is 0.270. The van der Waals surface area contributed by atoms with Gasteiger partial charge < -0.3 is 4.42 Å². The van der Waals surface area contributed by atoms with E-state index in [0.717, 1.165) is 28.8 Å². The van der Waals surface area contributed by atoms with E-state index in [1.165, 1.54) is 32.1 Å². The second-order valence-corrected chi connectivity index (χ2v) is 8.04. The Morgan fingerprint density at radius 1 is 1.30 bits per heavy atom. The first kappa shape index (κ1) is 19.6. The number of hydrogen-bond acceptors (Lipinski definition) is 5. The topological polar surface area (TPSA) is 74.2 Å².